The third kappa shape index (κ3) is 7.33. The molecule has 0 aliphatic carbocycles. The molecule has 196 valence electrons. The van der Waals surface area contributed by atoms with E-state index in [0.717, 1.165) is 26.7 Å². The number of carbonyl (C=O) groups excluding carboxylic acids is 3. The number of esters is 3. The Balaban J connectivity index is 2.24. The summed E-state index contributed by atoms with van der Waals surface area (Å²) in [5.41, 5.74) is 0. The van der Waals surface area contributed by atoms with E-state index in [0.29, 0.717) is 6.42 Å². The van der Waals surface area contributed by atoms with E-state index in [1.54, 1.807) is 0 Å². The van der Waals surface area contributed by atoms with E-state index >= 15 is 0 Å². The molecule has 34 heavy (non-hydrogen) atoms. The number of carbonyl (C=O) groups is 3. The lowest BCUT2D eigenvalue weighted by Crippen LogP contribution is -2.64. The van der Waals surface area contributed by atoms with Crippen LogP contribution in [-0.4, -0.2) is 94.6 Å². The zero-order valence-corrected chi connectivity index (χ0v) is 20.1. The van der Waals surface area contributed by atoms with Crippen molar-refractivity contribution in [2.75, 3.05) is 0 Å². The highest BCUT2D eigenvalue weighted by Crippen LogP contribution is 2.32. The van der Waals surface area contributed by atoms with Crippen molar-refractivity contribution in [3.05, 3.63) is 0 Å². The molecule has 0 radical (unpaired) electrons. The highest BCUT2D eigenvalue weighted by Gasteiger charge is 2.53. The second kappa shape index (κ2) is 12.8. The number of aliphatic hydroxyl groups is 3. The second-order valence-electron chi connectivity index (χ2n) is 8.58. The molecule has 0 aromatic rings. The van der Waals surface area contributed by atoms with Gasteiger partial charge >= 0.3 is 17.9 Å². The van der Waals surface area contributed by atoms with Crippen LogP contribution in [0.15, 0.2) is 0 Å². The van der Waals surface area contributed by atoms with Crippen LogP contribution in [0, 0.1) is 0 Å². The van der Waals surface area contributed by atoms with E-state index < -0.39 is 79.3 Å². The van der Waals surface area contributed by atoms with Crippen LogP contribution in [0.3, 0.4) is 0 Å². The fourth-order valence-electron chi connectivity index (χ4n) is 3.98. The summed E-state index contributed by atoms with van der Waals surface area (Å²) in [6, 6.07) is 0. The number of rotatable bonds is 9. The van der Waals surface area contributed by atoms with Gasteiger partial charge < -0.3 is 43.7 Å². The molecule has 3 N–H and O–H groups in total. The van der Waals surface area contributed by atoms with Crippen LogP contribution < -0.4 is 0 Å². The summed E-state index contributed by atoms with van der Waals surface area (Å²) < 4.78 is 32.6. The quantitative estimate of drug-likeness (QED) is 0.223. The Morgan fingerprint density at radius 1 is 0.765 bits per heavy atom. The maximum atomic E-state index is 12.4. The Labute approximate surface area is 198 Å². The van der Waals surface area contributed by atoms with Crippen molar-refractivity contribution in [2.45, 2.75) is 122 Å². The van der Waals surface area contributed by atoms with Crippen LogP contribution in [0.25, 0.3) is 0 Å². The minimum Gasteiger partial charge on any atom is -0.457 e. The third-order valence-corrected chi connectivity index (χ3v) is 5.67. The topological polar surface area (TPSA) is 167 Å². The number of unbranched alkanes of at least 4 members (excludes halogenated alkanes) is 2. The molecule has 2 fully saturated rings. The van der Waals surface area contributed by atoms with E-state index in [9.17, 15) is 29.7 Å². The second-order valence-corrected chi connectivity index (χ2v) is 8.58. The Bertz CT molecular complexity index is 699. The molecule has 10 atom stereocenters. The van der Waals surface area contributed by atoms with E-state index in [1.807, 2.05) is 6.92 Å². The molecule has 0 amide bonds. The molecule has 0 spiro atoms. The van der Waals surface area contributed by atoms with Crippen LogP contribution >= 0.6 is 0 Å². The van der Waals surface area contributed by atoms with Gasteiger partial charge in [-0.2, -0.15) is 0 Å². The van der Waals surface area contributed by atoms with Gasteiger partial charge in [-0.3, -0.25) is 14.4 Å². The van der Waals surface area contributed by atoms with E-state index in [-0.39, 0.29) is 6.42 Å². The monoisotopic (exact) mass is 492 g/mol. The van der Waals surface area contributed by atoms with Crippen LogP contribution in [-0.2, 0) is 42.8 Å². The smallest absolute Gasteiger partial charge is 0.306 e. The van der Waals surface area contributed by atoms with Gasteiger partial charge in [-0.05, 0) is 20.3 Å². The lowest BCUT2D eigenvalue weighted by Gasteiger charge is -2.46. The SMILES string of the molecule is CCCCCC(=O)O[C@@H]1[C@@H](O[C@@H]2O[C@@H](C)[C@H](OC(C)=O)[C@@H](O)[C@H]2OC(C)=O)[C@@H](O)[C@H](O)O[C@H]1C. The summed E-state index contributed by atoms with van der Waals surface area (Å²) in [5, 5.41) is 31.4. The van der Waals surface area contributed by atoms with Crippen LogP contribution in [0.1, 0.15) is 60.3 Å². The number of ether oxygens (including phenoxy) is 6. The first-order valence-corrected chi connectivity index (χ1v) is 11.5. The summed E-state index contributed by atoms with van der Waals surface area (Å²) in [4.78, 5) is 35.5. The molecule has 0 aromatic carbocycles. The first kappa shape index (κ1) is 28.4. The first-order chi connectivity index (χ1) is 16.0. The summed E-state index contributed by atoms with van der Waals surface area (Å²) in [6.07, 6.45) is -10.6. The summed E-state index contributed by atoms with van der Waals surface area (Å²) in [6.45, 7) is 7.31. The average Bonchev–Trinajstić information content (AvgIpc) is 2.74. The summed E-state index contributed by atoms with van der Waals surface area (Å²) in [7, 11) is 0. The summed E-state index contributed by atoms with van der Waals surface area (Å²) >= 11 is 0. The highest BCUT2D eigenvalue weighted by molar-refractivity contribution is 5.69. The normalized spacial score (nSPS) is 38.1. The zero-order valence-electron chi connectivity index (χ0n) is 20.1. The van der Waals surface area contributed by atoms with Gasteiger partial charge in [0.15, 0.2) is 30.9 Å². The van der Waals surface area contributed by atoms with E-state index in [2.05, 4.69) is 0 Å². The van der Waals surface area contributed by atoms with Crippen molar-refractivity contribution in [3.63, 3.8) is 0 Å². The lowest BCUT2D eigenvalue weighted by molar-refractivity contribution is -0.351. The van der Waals surface area contributed by atoms with Crippen molar-refractivity contribution in [1.29, 1.82) is 0 Å². The maximum absolute atomic E-state index is 12.4. The number of aliphatic hydroxyl groups excluding tert-OH is 3. The van der Waals surface area contributed by atoms with Gasteiger partial charge in [0.25, 0.3) is 0 Å². The van der Waals surface area contributed by atoms with Crippen molar-refractivity contribution >= 4 is 17.9 Å². The van der Waals surface area contributed by atoms with Gasteiger partial charge in [0.1, 0.15) is 18.3 Å². The third-order valence-electron chi connectivity index (χ3n) is 5.67. The van der Waals surface area contributed by atoms with Crippen molar-refractivity contribution in [3.8, 4) is 0 Å². The lowest BCUT2D eigenvalue weighted by atomic mass is 9.97. The molecule has 2 aliphatic heterocycles. The van der Waals surface area contributed by atoms with Crippen molar-refractivity contribution in [1.82, 2.24) is 0 Å². The Morgan fingerprint density at radius 2 is 1.35 bits per heavy atom. The molecule has 2 heterocycles. The largest absolute Gasteiger partial charge is 0.457 e. The molecule has 0 saturated carbocycles. The van der Waals surface area contributed by atoms with E-state index in [1.165, 1.54) is 13.8 Å². The maximum Gasteiger partial charge on any atom is 0.306 e. The van der Waals surface area contributed by atoms with Crippen LogP contribution in [0.2, 0.25) is 0 Å². The minimum atomic E-state index is -1.65. The number of hydrogen-bond acceptors (Lipinski definition) is 12. The molecule has 0 bridgehead atoms. The molecule has 0 unspecified atom stereocenters. The molecule has 0 aromatic heterocycles. The molecule has 2 aliphatic rings. The standard InChI is InChI=1S/C22H36O12/c1-6-7-8-9-14(25)33-18-11(3)29-21(28)16(27)19(18)34-22-20(32-13(5)24)15(26)17(10(2)30-22)31-12(4)23/h10-11,15-22,26-28H,6-9H2,1-5H3/t10-,11-,15+,16+,17-,18-,19-,20+,21+,22-/m0/s1. The summed E-state index contributed by atoms with van der Waals surface area (Å²) in [5.74, 6) is -1.97. The van der Waals surface area contributed by atoms with Gasteiger partial charge in [0, 0.05) is 20.3 Å². The van der Waals surface area contributed by atoms with Gasteiger partial charge in [-0.25, -0.2) is 0 Å². The van der Waals surface area contributed by atoms with Gasteiger partial charge in [-0.1, -0.05) is 19.8 Å². The molecule has 12 nitrogen and oxygen atoms in total. The van der Waals surface area contributed by atoms with Crippen LogP contribution in [0.5, 0.6) is 0 Å². The van der Waals surface area contributed by atoms with Gasteiger partial charge in [0.2, 0.25) is 0 Å². The minimum absolute atomic E-state index is 0.151. The predicted octanol–water partition coefficient (Wildman–Crippen LogP) is -0.0692. The molecule has 2 saturated heterocycles. The van der Waals surface area contributed by atoms with Crippen molar-refractivity contribution in [2.24, 2.45) is 0 Å². The van der Waals surface area contributed by atoms with Crippen LogP contribution in [0.4, 0.5) is 0 Å². The Morgan fingerprint density at radius 3 is 1.94 bits per heavy atom. The average molecular weight is 493 g/mol. The Hall–Kier alpha value is -1.83. The fraction of sp³-hybridized carbons (Fsp3) is 0.864. The highest BCUT2D eigenvalue weighted by atomic mass is 16.7. The molecule has 12 heteroatoms. The van der Waals surface area contributed by atoms with Gasteiger partial charge in [0.05, 0.1) is 12.2 Å². The predicted molar refractivity (Wildman–Crippen MR) is 113 cm³/mol. The molecular weight excluding hydrogens is 456 g/mol. The Kier molecular flexibility index (Phi) is 10.7. The van der Waals surface area contributed by atoms with Crippen molar-refractivity contribution < 1.29 is 58.1 Å². The zero-order chi connectivity index (χ0) is 25.6. The van der Waals surface area contributed by atoms with E-state index in [4.69, 9.17) is 28.4 Å². The molecule has 2 rings (SSSR count). The van der Waals surface area contributed by atoms with Gasteiger partial charge in [-0.15, -0.1) is 0 Å². The number of hydrogen-bond donors (Lipinski definition) is 3. The fourth-order valence-corrected chi connectivity index (χ4v) is 3.98. The first-order valence-electron chi connectivity index (χ1n) is 11.5. The molecular formula is C22H36O12.